The van der Waals surface area contributed by atoms with E-state index in [2.05, 4.69) is 0 Å². The monoisotopic (exact) mass is 278 g/mol. The Bertz CT molecular complexity index is 459. The van der Waals surface area contributed by atoms with Crippen LogP contribution in [-0.2, 0) is 0 Å². The third-order valence-electron chi connectivity index (χ3n) is 5.45. The predicted molar refractivity (Wildman–Crippen MR) is 75.9 cm³/mol. The van der Waals surface area contributed by atoms with Crippen LogP contribution in [-0.4, -0.2) is 22.4 Å². The maximum Gasteiger partial charge on any atom is 0.123 e. The molecule has 3 heteroatoms. The standard InChI is InChI=1S/C17H23FO2/c18-15-7-4-13(5-8-15)16-2-1-9-17(16,20)14-6-3-12(10-14)11-19/h4-5,7-8,12,14,16,19-20H,1-3,6,9-11H2. The van der Waals surface area contributed by atoms with Gasteiger partial charge >= 0.3 is 0 Å². The highest BCUT2D eigenvalue weighted by Gasteiger charge is 2.49. The number of halogens is 1. The van der Waals surface area contributed by atoms with E-state index in [0.717, 1.165) is 44.1 Å². The van der Waals surface area contributed by atoms with Gasteiger partial charge in [-0.1, -0.05) is 12.1 Å². The molecule has 2 nitrogen and oxygen atoms in total. The summed E-state index contributed by atoms with van der Waals surface area (Å²) in [5.41, 5.74) is 0.390. The molecule has 2 aliphatic rings. The summed E-state index contributed by atoms with van der Waals surface area (Å²) in [7, 11) is 0. The summed E-state index contributed by atoms with van der Waals surface area (Å²) in [4.78, 5) is 0. The van der Waals surface area contributed by atoms with E-state index in [4.69, 9.17) is 0 Å². The van der Waals surface area contributed by atoms with Crippen LogP contribution < -0.4 is 0 Å². The minimum Gasteiger partial charge on any atom is -0.396 e. The van der Waals surface area contributed by atoms with E-state index >= 15 is 0 Å². The summed E-state index contributed by atoms with van der Waals surface area (Å²) in [5, 5.41) is 20.5. The van der Waals surface area contributed by atoms with Crippen molar-refractivity contribution in [3.63, 3.8) is 0 Å². The first-order chi connectivity index (χ1) is 9.63. The first-order valence-corrected chi connectivity index (χ1v) is 7.72. The Kier molecular flexibility index (Phi) is 3.83. The zero-order chi connectivity index (χ0) is 14.2. The molecule has 2 aliphatic carbocycles. The van der Waals surface area contributed by atoms with E-state index in [1.165, 1.54) is 12.1 Å². The number of hydrogen-bond donors (Lipinski definition) is 2. The van der Waals surface area contributed by atoms with Gasteiger partial charge in [0.1, 0.15) is 5.82 Å². The van der Waals surface area contributed by atoms with Crippen LogP contribution >= 0.6 is 0 Å². The summed E-state index contributed by atoms with van der Waals surface area (Å²) in [5.74, 6) is 0.512. The van der Waals surface area contributed by atoms with Gasteiger partial charge in [0.05, 0.1) is 5.60 Å². The number of rotatable bonds is 3. The van der Waals surface area contributed by atoms with Crippen LogP contribution in [0.4, 0.5) is 4.39 Å². The van der Waals surface area contributed by atoms with Crippen LogP contribution in [0.15, 0.2) is 24.3 Å². The second-order valence-electron chi connectivity index (χ2n) is 6.55. The molecule has 0 heterocycles. The fourth-order valence-electron chi connectivity index (χ4n) is 4.35. The first kappa shape index (κ1) is 14.0. The molecule has 3 rings (SSSR count). The molecule has 0 spiro atoms. The average Bonchev–Trinajstić information content (AvgIpc) is 3.07. The Hall–Kier alpha value is -0.930. The molecule has 4 unspecified atom stereocenters. The Morgan fingerprint density at radius 2 is 1.90 bits per heavy atom. The van der Waals surface area contributed by atoms with Gasteiger partial charge in [0, 0.05) is 12.5 Å². The molecular formula is C17H23FO2. The van der Waals surface area contributed by atoms with Crippen LogP contribution in [0.3, 0.4) is 0 Å². The molecular weight excluding hydrogens is 255 g/mol. The van der Waals surface area contributed by atoms with Gasteiger partial charge in [-0.3, -0.25) is 0 Å². The molecule has 2 fully saturated rings. The van der Waals surface area contributed by atoms with Gasteiger partial charge in [0.25, 0.3) is 0 Å². The largest absolute Gasteiger partial charge is 0.396 e. The molecule has 0 aromatic heterocycles. The zero-order valence-corrected chi connectivity index (χ0v) is 11.8. The van der Waals surface area contributed by atoms with Crippen molar-refractivity contribution >= 4 is 0 Å². The fourth-order valence-corrected chi connectivity index (χ4v) is 4.35. The molecule has 4 atom stereocenters. The Balaban J connectivity index is 1.82. The Labute approximate surface area is 119 Å². The molecule has 2 N–H and O–H groups in total. The van der Waals surface area contributed by atoms with Gasteiger partial charge in [-0.05, 0) is 68.1 Å². The van der Waals surface area contributed by atoms with Gasteiger partial charge in [-0.25, -0.2) is 4.39 Å². The van der Waals surface area contributed by atoms with E-state index in [1.807, 2.05) is 12.1 Å². The molecule has 1 aromatic rings. The summed E-state index contributed by atoms with van der Waals surface area (Å²) >= 11 is 0. The second-order valence-corrected chi connectivity index (χ2v) is 6.55. The second kappa shape index (κ2) is 5.45. The lowest BCUT2D eigenvalue weighted by Crippen LogP contribution is -2.39. The zero-order valence-electron chi connectivity index (χ0n) is 11.8. The number of benzene rings is 1. The molecule has 110 valence electrons. The van der Waals surface area contributed by atoms with Crippen molar-refractivity contribution in [3.05, 3.63) is 35.6 Å². The summed E-state index contributed by atoms with van der Waals surface area (Å²) < 4.78 is 13.1. The highest BCUT2D eigenvalue weighted by molar-refractivity contribution is 5.26. The molecule has 0 bridgehead atoms. The minimum absolute atomic E-state index is 0.116. The van der Waals surface area contributed by atoms with Crippen LogP contribution in [0.5, 0.6) is 0 Å². The third kappa shape index (κ3) is 2.38. The van der Waals surface area contributed by atoms with Gasteiger partial charge in [-0.2, -0.15) is 0 Å². The van der Waals surface area contributed by atoms with Crippen molar-refractivity contribution < 1.29 is 14.6 Å². The Morgan fingerprint density at radius 3 is 2.55 bits per heavy atom. The minimum atomic E-state index is -0.665. The highest BCUT2D eigenvalue weighted by Crippen LogP contribution is 2.52. The van der Waals surface area contributed by atoms with Gasteiger partial charge in [0.2, 0.25) is 0 Å². The number of aliphatic hydroxyl groups excluding tert-OH is 1. The average molecular weight is 278 g/mol. The summed E-state index contributed by atoms with van der Waals surface area (Å²) in [6, 6.07) is 6.60. The summed E-state index contributed by atoms with van der Waals surface area (Å²) in [6.45, 7) is 0.230. The third-order valence-corrected chi connectivity index (χ3v) is 5.45. The smallest absolute Gasteiger partial charge is 0.123 e. The van der Waals surface area contributed by atoms with Crippen molar-refractivity contribution in [1.29, 1.82) is 0 Å². The molecule has 0 saturated heterocycles. The number of aliphatic hydroxyl groups is 2. The molecule has 0 aliphatic heterocycles. The van der Waals surface area contributed by atoms with E-state index in [9.17, 15) is 14.6 Å². The van der Waals surface area contributed by atoms with E-state index in [1.54, 1.807) is 0 Å². The van der Waals surface area contributed by atoms with Crippen LogP contribution in [0, 0.1) is 17.7 Å². The van der Waals surface area contributed by atoms with Gasteiger partial charge < -0.3 is 10.2 Å². The highest BCUT2D eigenvalue weighted by atomic mass is 19.1. The van der Waals surface area contributed by atoms with Crippen molar-refractivity contribution in [2.45, 2.75) is 50.0 Å². The van der Waals surface area contributed by atoms with Crippen molar-refractivity contribution in [3.8, 4) is 0 Å². The van der Waals surface area contributed by atoms with Crippen LogP contribution in [0.25, 0.3) is 0 Å². The molecule has 2 saturated carbocycles. The topological polar surface area (TPSA) is 40.5 Å². The van der Waals surface area contributed by atoms with Gasteiger partial charge in [0.15, 0.2) is 0 Å². The summed E-state index contributed by atoms with van der Waals surface area (Å²) in [6.07, 6.45) is 5.77. The molecule has 0 radical (unpaired) electrons. The lowest BCUT2D eigenvalue weighted by Gasteiger charge is -2.36. The lowest BCUT2D eigenvalue weighted by molar-refractivity contribution is -0.0277. The quantitative estimate of drug-likeness (QED) is 0.891. The molecule has 20 heavy (non-hydrogen) atoms. The SMILES string of the molecule is OCC1CCC(C2(O)CCCC2c2ccc(F)cc2)C1. The maximum absolute atomic E-state index is 13.1. The van der Waals surface area contributed by atoms with Crippen LogP contribution in [0.1, 0.15) is 50.0 Å². The van der Waals surface area contributed by atoms with Gasteiger partial charge in [-0.15, -0.1) is 0 Å². The molecule has 1 aromatic carbocycles. The van der Waals surface area contributed by atoms with Crippen molar-refractivity contribution in [1.82, 2.24) is 0 Å². The van der Waals surface area contributed by atoms with E-state index in [0.29, 0.717) is 5.92 Å². The fraction of sp³-hybridized carbons (Fsp3) is 0.647. The Morgan fingerprint density at radius 1 is 1.15 bits per heavy atom. The maximum atomic E-state index is 13.1. The number of hydrogen-bond acceptors (Lipinski definition) is 2. The van der Waals surface area contributed by atoms with Crippen molar-refractivity contribution in [2.75, 3.05) is 6.61 Å². The normalized spacial score (nSPS) is 37.5. The van der Waals surface area contributed by atoms with Crippen molar-refractivity contribution in [2.24, 2.45) is 11.8 Å². The lowest BCUT2D eigenvalue weighted by atomic mass is 9.75. The van der Waals surface area contributed by atoms with E-state index in [-0.39, 0.29) is 24.3 Å². The van der Waals surface area contributed by atoms with E-state index < -0.39 is 5.60 Å². The predicted octanol–water partition coefficient (Wildman–Crippen LogP) is 3.23. The molecule has 0 amide bonds. The van der Waals surface area contributed by atoms with Crippen LogP contribution in [0.2, 0.25) is 0 Å². The first-order valence-electron chi connectivity index (χ1n) is 7.72.